The molecule has 0 fully saturated rings. The van der Waals surface area contributed by atoms with E-state index in [0.29, 0.717) is 32.7 Å². The van der Waals surface area contributed by atoms with E-state index in [1.165, 1.54) is 109 Å². The first-order valence-corrected chi connectivity index (χ1v) is 22.3. The summed E-state index contributed by atoms with van der Waals surface area (Å²) < 4.78 is 17.0. The molecule has 0 aromatic carbocycles. The number of carbonyl (C=O) groups is 2. The smallest absolute Gasteiger partial charge is 0.306 e. The fourth-order valence-corrected chi connectivity index (χ4v) is 6.74. The lowest BCUT2D eigenvalue weighted by molar-refractivity contribution is -0.150. The Labute approximate surface area is 317 Å². The van der Waals surface area contributed by atoms with Crippen LogP contribution in [0, 0.1) is 0 Å². The number of hydrogen-bond donors (Lipinski definition) is 1. The summed E-state index contributed by atoms with van der Waals surface area (Å²) in [7, 11) is 0. The first kappa shape index (κ1) is 49.8. The van der Waals surface area contributed by atoms with Gasteiger partial charge in [0, 0.05) is 19.4 Å². The minimum atomic E-state index is -0.0364. The predicted octanol–water partition coefficient (Wildman–Crippen LogP) is 11.9. The second-order valence-corrected chi connectivity index (χ2v) is 15.1. The zero-order valence-corrected chi connectivity index (χ0v) is 34.4. The fraction of sp³-hybridized carbons (Fsp3) is 0.955. The molecule has 0 saturated carbocycles. The van der Waals surface area contributed by atoms with Gasteiger partial charge in [0.15, 0.2) is 0 Å². The van der Waals surface area contributed by atoms with E-state index in [0.717, 1.165) is 96.7 Å². The van der Waals surface area contributed by atoms with Crippen LogP contribution in [-0.4, -0.2) is 74.1 Å². The third-order valence-electron chi connectivity index (χ3n) is 10.1. The molecular formula is C44H87NO6. The third-order valence-corrected chi connectivity index (χ3v) is 10.1. The van der Waals surface area contributed by atoms with E-state index >= 15 is 0 Å². The highest BCUT2D eigenvalue weighted by atomic mass is 16.5. The van der Waals surface area contributed by atoms with E-state index in [9.17, 15) is 9.59 Å². The highest BCUT2D eigenvalue weighted by Gasteiger charge is 2.14. The topological polar surface area (TPSA) is 85.3 Å². The summed E-state index contributed by atoms with van der Waals surface area (Å²) in [5.41, 5.74) is 0. The standard InChI is InChI=1S/C44H87NO6/c1-4-7-10-13-17-24-31-42(32-25-18-14-11-8-5-2)51-44(48)34-27-20-16-22-29-36-45(37-40-49-41-38-46)35-28-21-15-19-26-33-43(47)50-39-30-23-12-9-6-3/h42,46H,4-41H2,1-3H3. The molecule has 0 radical (unpaired) electrons. The Bertz CT molecular complexity index is 704. The number of ether oxygens (including phenoxy) is 3. The largest absolute Gasteiger partial charge is 0.466 e. The van der Waals surface area contributed by atoms with Crippen molar-refractivity contribution in [1.82, 2.24) is 4.90 Å². The van der Waals surface area contributed by atoms with E-state index in [4.69, 9.17) is 19.3 Å². The van der Waals surface area contributed by atoms with Crippen LogP contribution in [0.15, 0.2) is 0 Å². The lowest BCUT2D eigenvalue weighted by atomic mass is 10.0. The summed E-state index contributed by atoms with van der Waals surface area (Å²) in [6.45, 7) is 11.5. The summed E-state index contributed by atoms with van der Waals surface area (Å²) in [5.74, 6) is -0.0233. The first-order valence-electron chi connectivity index (χ1n) is 22.3. The van der Waals surface area contributed by atoms with Gasteiger partial charge in [-0.2, -0.15) is 0 Å². The van der Waals surface area contributed by atoms with E-state index in [2.05, 4.69) is 25.7 Å². The Balaban J connectivity index is 4.19. The summed E-state index contributed by atoms with van der Waals surface area (Å²) >= 11 is 0. The lowest BCUT2D eigenvalue weighted by Gasteiger charge is -2.22. The van der Waals surface area contributed by atoms with Crippen molar-refractivity contribution < 1.29 is 28.9 Å². The molecule has 7 nitrogen and oxygen atoms in total. The predicted molar refractivity (Wildman–Crippen MR) is 215 cm³/mol. The molecule has 0 aromatic heterocycles. The Hall–Kier alpha value is -1.18. The van der Waals surface area contributed by atoms with Gasteiger partial charge in [0.2, 0.25) is 0 Å². The Morgan fingerprint density at radius 1 is 0.471 bits per heavy atom. The van der Waals surface area contributed by atoms with Crippen molar-refractivity contribution in [2.75, 3.05) is 46.1 Å². The first-order chi connectivity index (χ1) is 25.1. The van der Waals surface area contributed by atoms with Crippen molar-refractivity contribution in [3.63, 3.8) is 0 Å². The highest BCUT2D eigenvalue weighted by Crippen LogP contribution is 2.18. The molecule has 51 heavy (non-hydrogen) atoms. The molecule has 0 aliphatic rings. The van der Waals surface area contributed by atoms with Gasteiger partial charge in [0.25, 0.3) is 0 Å². The summed E-state index contributed by atoms with van der Waals surface area (Å²) in [6, 6.07) is 0. The maximum absolute atomic E-state index is 12.7. The molecule has 0 aliphatic heterocycles. The zero-order chi connectivity index (χ0) is 37.3. The number of rotatable bonds is 42. The van der Waals surface area contributed by atoms with Crippen LogP contribution in [0.4, 0.5) is 0 Å². The van der Waals surface area contributed by atoms with Crippen molar-refractivity contribution in [2.24, 2.45) is 0 Å². The zero-order valence-electron chi connectivity index (χ0n) is 34.4. The maximum atomic E-state index is 12.7. The van der Waals surface area contributed by atoms with Gasteiger partial charge in [-0.1, -0.05) is 149 Å². The van der Waals surface area contributed by atoms with Crippen molar-refractivity contribution in [3.8, 4) is 0 Å². The van der Waals surface area contributed by atoms with E-state index in [1.54, 1.807) is 0 Å². The number of unbranched alkanes of at least 4 members (excludes halogenated alkanes) is 22. The van der Waals surface area contributed by atoms with Gasteiger partial charge in [-0.15, -0.1) is 0 Å². The molecule has 304 valence electrons. The average molecular weight is 726 g/mol. The molecule has 0 spiro atoms. The quantitative estimate of drug-likeness (QED) is 0.0495. The van der Waals surface area contributed by atoms with Crippen LogP contribution in [0.5, 0.6) is 0 Å². The number of nitrogens with zero attached hydrogens (tertiary/aromatic N) is 1. The average Bonchev–Trinajstić information content (AvgIpc) is 3.13. The number of hydrogen-bond acceptors (Lipinski definition) is 7. The molecule has 0 bridgehead atoms. The Morgan fingerprint density at radius 3 is 1.41 bits per heavy atom. The minimum Gasteiger partial charge on any atom is -0.466 e. The molecule has 0 atom stereocenters. The molecule has 0 amide bonds. The van der Waals surface area contributed by atoms with Crippen LogP contribution in [-0.2, 0) is 23.8 Å². The van der Waals surface area contributed by atoms with Gasteiger partial charge in [0.1, 0.15) is 6.10 Å². The van der Waals surface area contributed by atoms with Gasteiger partial charge < -0.3 is 24.2 Å². The van der Waals surface area contributed by atoms with Gasteiger partial charge in [-0.25, -0.2) is 0 Å². The molecule has 0 rings (SSSR count). The molecule has 0 saturated heterocycles. The van der Waals surface area contributed by atoms with Crippen molar-refractivity contribution >= 4 is 11.9 Å². The lowest BCUT2D eigenvalue weighted by Crippen LogP contribution is -2.30. The normalized spacial score (nSPS) is 11.6. The van der Waals surface area contributed by atoms with Crippen molar-refractivity contribution in [1.29, 1.82) is 0 Å². The van der Waals surface area contributed by atoms with Crippen LogP contribution < -0.4 is 0 Å². The summed E-state index contributed by atoms with van der Waals surface area (Å²) in [6.07, 6.45) is 35.5. The minimum absolute atomic E-state index is 0.0131. The summed E-state index contributed by atoms with van der Waals surface area (Å²) in [5, 5.41) is 9.05. The van der Waals surface area contributed by atoms with Crippen LogP contribution in [0.3, 0.4) is 0 Å². The molecular weight excluding hydrogens is 638 g/mol. The highest BCUT2D eigenvalue weighted by molar-refractivity contribution is 5.69. The van der Waals surface area contributed by atoms with Crippen molar-refractivity contribution in [3.05, 3.63) is 0 Å². The SMILES string of the molecule is CCCCCCCCC(CCCCCCCC)OC(=O)CCCCCCCN(CCCCCCCC(=O)OCCCCCCC)CCOCCO. The van der Waals surface area contributed by atoms with Crippen LogP contribution in [0.25, 0.3) is 0 Å². The fourth-order valence-electron chi connectivity index (χ4n) is 6.74. The molecule has 1 N–H and O–H groups in total. The van der Waals surface area contributed by atoms with Gasteiger partial charge in [-0.05, 0) is 70.9 Å². The summed E-state index contributed by atoms with van der Waals surface area (Å²) in [4.78, 5) is 27.2. The van der Waals surface area contributed by atoms with E-state index < -0.39 is 0 Å². The van der Waals surface area contributed by atoms with Gasteiger partial charge in [-0.3, -0.25) is 9.59 Å². The number of carbonyl (C=O) groups excluding carboxylic acids is 2. The van der Waals surface area contributed by atoms with Crippen LogP contribution in [0.2, 0.25) is 0 Å². The molecule has 0 aromatic rings. The second-order valence-electron chi connectivity index (χ2n) is 15.1. The number of aliphatic hydroxyl groups excluding tert-OH is 1. The molecule has 0 heterocycles. The maximum Gasteiger partial charge on any atom is 0.306 e. The van der Waals surface area contributed by atoms with Crippen molar-refractivity contribution in [2.45, 2.75) is 226 Å². The van der Waals surface area contributed by atoms with Gasteiger partial charge in [0.05, 0.1) is 26.4 Å². The second kappa shape index (κ2) is 41.6. The molecule has 0 unspecified atom stereocenters. The molecule has 0 aliphatic carbocycles. The van der Waals surface area contributed by atoms with E-state index in [1.807, 2.05) is 0 Å². The number of aliphatic hydroxyl groups is 1. The van der Waals surface area contributed by atoms with E-state index in [-0.39, 0.29) is 24.6 Å². The third kappa shape index (κ3) is 38.4. The van der Waals surface area contributed by atoms with Gasteiger partial charge >= 0.3 is 11.9 Å². The Kier molecular flexibility index (Phi) is 40.6. The van der Waals surface area contributed by atoms with Crippen LogP contribution in [0.1, 0.15) is 220 Å². The molecule has 7 heteroatoms. The number of esters is 2. The monoisotopic (exact) mass is 726 g/mol. The van der Waals surface area contributed by atoms with Crippen LogP contribution >= 0.6 is 0 Å². The Morgan fingerprint density at radius 2 is 0.902 bits per heavy atom.